The van der Waals surface area contributed by atoms with E-state index in [1.807, 2.05) is 13.8 Å². The molecule has 0 radical (unpaired) electrons. The van der Waals surface area contributed by atoms with E-state index in [0.29, 0.717) is 29.5 Å². The molecule has 0 spiro atoms. The summed E-state index contributed by atoms with van der Waals surface area (Å²) in [5, 5.41) is 2.70. The third kappa shape index (κ3) is 5.14. The number of nitrogens with one attached hydrogen (secondary N) is 2. The molecule has 0 bridgehead atoms. The van der Waals surface area contributed by atoms with E-state index < -0.39 is 10.0 Å². The average Bonchev–Trinajstić information content (AvgIpc) is 3.13. The summed E-state index contributed by atoms with van der Waals surface area (Å²) < 4.78 is 42.8. The van der Waals surface area contributed by atoms with Gasteiger partial charge in [0.15, 0.2) is 18.1 Å². The molecular weight excluding hydrogens is 384 g/mol. The summed E-state index contributed by atoms with van der Waals surface area (Å²) in [7, 11) is -3.56. The maximum atomic E-state index is 12.2. The molecule has 28 heavy (non-hydrogen) atoms. The van der Waals surface area contributed by atoms with Crippen molar-refractivity contribution in [2.24, 2.45) is 5.92 Å². The third-order valence-electron chi connectivity index (χ3n) is 3.84. The Labute approximate surface area is 163 Å². The molecule has 0 saturated heterocycles. The summed E-state index contributed by atoms with van der Waals surface area (Å²) in [5.41, 5.74) is 0.565. The number of ether oxygens (including phenoxy) is 3. The molecule has 1 amide bonds. The van der Waals surface area contributed by atoms with Crippen molar-refractivity contribution in [2.45, 2.75) is 18.7 Å². The minimum Gasteiger partial charge on any atom is -0.484 e. The largest absolute Gasteiger partial charge is 0.484 e. The number of amides is 1. The van der Waals surface area contributed by atoms with Gasteiger partial charge in [0.05, 0.1) is 4.90 Å². The third-order valence-corrected chi connectivity index (χ3v) is 5.28. The van der Waals surface area contributed by atoms with Crippen LogP contribution in [0.3, 0.4) is 0 Å². The molecule has 0 unspecified atom stereocenters. The average molecular weight is 406 g/mol. The highest BCUT2D eigenvalue weighted by molar-refractivity contribution is 7.89. The first-order valence-electron chi connectivity index (χ1n) is 8.75. The molecule has 9 heteroatoms. The topological polar surface area (TPSA) is 103 Å². The summed E-state index contributed by atoms with van der Waals surface area (Å²) >= 11 is 0. The van der Waals surface area contributed by atoms with Crippen molar-refractivity contribution in [3.8, 4) is 17.2 Å². The van der Waals surface area contributed by atoms with Gasteiger partial charge >= 0.3 is 0 Å². The first-order chi connectivity index (χ1) is 13.3. The van der Waals surface area contributed by atoms with Crippen LogP contribution in [0.15, 0.2) is 47.4 Å². The van der Waals surface area contributed by atoms with Gasteiger partial charge in [-0.3, -0.25) is 4.79 Å². The van der Waals surface area contributed by atoms with Crippen LogP contribution in [0.5, 0.6) is 17.2 Å². The van der Waals surface area contributed by atoms with E-state index in [-0.39, 0.29) is 30.1 Å². The molecule has 1 aliphatic rings. The highest BCUT2D eigenvalue weighted by Gasteiger charge is 2.15. The summed E-state index contributed by atoms with van der Waals surface area (Å²) in [6.45, 7) is 4.16. The molecule has 0 fully saturated rings. The van der Waals surface area contributed by atoms with E-state index in [2.05, 4.69) is 10.0 Å². The van der Waals surface area contributed by atoms with Crippen LogP contribution in [-0.2, 0) is 14.8 Å². The monoisotopic (exact) mass is 406 g/mol. The Kier molecular flexibility index (Phi) is 6.05. The minimum atomic E-state index is -3.56. The highest BCUT2D eigenvalue weighted by atomic mass is 32.2. The van der Waals surface area contributed by atoms with Crippen LogP contribution in [0.25, 0.3) is 0 Å². The van der Waals surface area contributed by atoms with E-state index in [0.717, 1.165) is 0 Å². The standard InChI is InChI=1S/C19H22N2O6S/c1-13(2)10-20-28(23,24)16-6-4-15(5-7-16)25-11-19(22)21-14-3-8-17-18(9-14)27-12-26-17/h3-9,13,20H,10-12H2,1-2H3,(H,21,22). The maximum Gasteiger partial charge on any atom is 0.262 e. The molecule has 2 aromatic rings. The number of sulfonamides is 1. The zero-order valence-corrected chi connectivity index (χ0v) is 16.4. The van der Waals surface area contributed by atoms with Crippen LogP contribution >= 0.6 is 0 Å². The maximum absolute atomic E-state index is 12.2. The Hall–Kier alpha value is -2.78. The molecule has 3 rings (SSSR count). The van der Waals surface area contributed by atoms with Crippen LogP contribution in [0.2, 0.25) is 0 Å². The second-order valence-corrected chi connectivity index (χ2v) is 8.39. The van der Waals surface area contributed by atoms with Crippen molar-refractivity contribution >= 4 is 21.6 Å². The molecule has 0 atom stereocenters. The van der Waals surface area contributed by atoms with Crippen LogP contribution in [-0.4, -0.2) is 34.3 Å². The number of rotatable bonds is 8. The first-order valence-corrected chi connectivity index (χ1v) is 10.2. The Morgan fingerprint density at radius 3 is 2.54 bits per heavy atom. The van der Waals surface area contributed by atoms with E-state index in [9.17, 15) is 13.2 Å². The Balaban J connectivity index is 1.52. The van der Waals surface area contributed by atoms with Crippen LogP contribution < -0.4 is 24.2 Å². The van der Waals surface area contributed by atoms with Crippen molar-refractivity contribution in [1.29, 1.82) is 0 Å². The fourth-order valence-corrected chi connectivity index (χ4v) is 3.61. The van der Waals surface area contributed by atoms with Gasteiger partial charge in [-0.2, -0.15) is 0 Å². The van der Waals surface area contributed by atoms with Crippen molar-refractivity contribution < 1.29 is 27.4 Å². The molecule has 1 aliphatic heterocycles. The van der Waals surface area contributed by atoms with E-state index in [1.54, 1.807) is 18.2 Å². The Bertz CT molecular complexity index is 941. The highest BCUT2D eigenvalue weighted by Crippen LogP contribution is 2.34. The number of benzene rings is 2. The normalized spacial score (nSPS) is 12.8. The van der Waals surface area contributed by atoms with Crippen molar-refractivity contribution in [1.82, 2.24) is 4.72 Å². The second-order valence-electron chi connectivity index (χ2n) is 6.62. The van der Waals surface area contributed by atoms with Crippen LogP contribution in [0, 0.1) is 5.92 Å². The molecule has 0 aromatic heterocycles. The van der Waals surface area contributed by atoms with Gasteiger partial charge in [0.25, 0.3) is 5.91 Å². The smallest absolute Gasteiger partial charge is 0.262 e. The predicted octanol–water partition coefficient (Wildman–Crippen LogP) is 2.37. The molecule has 150 valence electrons. The lowest BCUT2D eigenvalue weighted by molar-refractivity contribution is -0.118. The van der Waals surface area contributed by atoms with Crippen LogP contribution in [0.4, 0.5) is 5.69 Å². The minimum absolute atomic E-state index is 0.144. The summed E-state index contributed by atoms with van der Waals surface area (Å²) in [5.74, 6) is 1.45. The summed E-state index contributed by atoms with van der Waals surface area (Å²) in [6, 6.07) is 11.0. The van der Waals surface area contributed by atoms with Crippen molar-refractivity contribution in [3.63, 3.8) is 0 Å². The van der Waals surface area contributed by atoms with Gasteiger partial charge in [-0.25, -0.2) is 13.1 Å². The lowest BCUT2D eigenvalue weighted by Crippen LogP contribution is -2.27. The number of carbonyl (C=O) groups excluding carboxylic acids is 1. The lowest BCUT2D eigenvalue weighted by Gasteiger charge is -2.10. The van der Waals surface area contributed by atoms with E-state index >= 15 is 0 Å². The first kappa shape index (κ1) is 20.0. The Morgan fingerprint density at radius 2 is 1.82 bits per heavy atom. The van der Waals surface area contributed by atoms with Gasteiger partial charge in [-0.1, -0.05) is 13.8 Å². The fraction of sp³-hybridized carbons (Fsp3) is 0.316. The van der Waals surface area contributed by atoms with Gasteiger partial charge in [-0.05, 0) is 42.3 Å². The zero-order valence-electron chi connectivity index (χ0n) is 15.6. The fourth-order valence-electron chi connectivity index (χ4n) is 2.39. The second kappa shape index (κ2) is 8.49. The summed E-state index contributed by atoms with van der Waals surface area (Å²) in [4.78, 5) is 12.2. The number of anilines is 1. The Morgan fingerprint density at radius 1 is 1.11 bits per heavy atom. The SMILES string of the molecule is CC(C)CNS(=O)(=O)c1ccc(OCC(=O)Nc2ccc3c(c2)OCO3)cc1. The van der Waals surface area contributed by atoms with E-state index in [1.165, 1.54) is 24.3 Å². The number of carbonyl (C=O) groups is 1. The number of fused-ring (bicyclic) bond motifs is 1. The molecule has 0 saturated carbocycles. The summed E-state index contributed by atoms with van der Waals surface area (Å²) in [6.07, 6.45) is 0. The quantitative estimate of drug-likeness (QED) is 0.698. The predicted molar refractivity (Wildman–Crippen MR) is 103 cm³/mol. The zero-order chi connectivity index (χ0) is 20.1. The van der Waals surface area contributed by atoms with Gasteiger partial charge in [-0.15, -0.1) is 0 Å². The van der Waals surface area contributed by atoms with Crippen molar-refractivity contribution in [2.75, 3.05) is 25.3 Å². The van der Waals surface area contributed by atoms with Gasteiger partial charge in [0.1, 0.15) is 5.75 Å². The van der Waals surface area contributed by atoms with Gasteiger partial charge in [0, 0.05) is 18.3 Å². The van der Waals surface area contributed by atoms with E-state index in [4.69, 9.17) is 14.2 Å². The molecule has 2 N–H and O–H groups in total. The van der Waals surface area contributed by atoms with Crippen molar-refractivity contribution in [3.05, 3.63) is 42.5 Å². The number of hydrogen-bond donors (Lipinski definition) is 2. The molecular formula is C19H22N2O6S. The van der Waals surface area contributed by atoms with Gasteiger partial charge in [0.2, 0.25) is 16.8 Å². The molecule has 0 aliphatic carbocycles. The van der Waals surface area contributed by atoms with Gasteiger partial charge < -0.3 is 19.5 Å². The lowest BCUT2D eigenvalue weighted by atomic mass is 10.2. The molecule has 8 nitrogen and oxygen atoms in total. The molecule has 2 aromatic carbocycles. The molecule has 1 heterocycles. The number of hydrogen-bond acceptors (Lipinski definition) is 6. The van der Waals surface area contributed by atoms with Crippen LogP contribution in [0.1, 0.15) is 13.8 Å².